The number of piperidine rings is 1. The molecule has 0 aliphatic carbocycles. The van der Waals surface area contributed by atoms with Crippen molar-refractivity contribution in [3.05, 3.63) is 34.0 Å². The first-order valence-corrected chi connectivity index (χ1v) is 8.69. The molecule has 0 bridgehead atoms. The Kier molecular flexibility index (Phi) is 5.21. The molecule has 1 N–H and O–H groups in total. The largest absolute Gasteiger partial charge is 0.408 e. The Morgan fingerprint density at radius 3 is 2.88 bits per heavy atom. The van der Waals surface area contributed by atoms with E-state index in [2.05, 4.69) is 10.1 Å². The Balaban J connectivity index is 1.77. The number of aromatic nitrogens is 3. The van der Waals surface area contributed by atoms with Gasteiger partial charge >= 0.3 is 6.18 Å². The second-order valence-electron chi connectivity index (χ2n) is 6.00. The number of hydrogen-bond donors (Lipinski definition) is 1. The molecule has 0 radical (unpaired) electrons. The zero-order valence-corrected chi connectivity index (χ0v) is 13.9. The van der Waals surface area contributed by atoms with Crippen LogP contribution in [-0.4, -0.2) is 50.1 Å². The molecular weight excluding hydrogens is 341 g/mol. The third-order valence-corrected chi connectivity index (χ3v) is 4.76. The summed E-state index contributed by atoms with van der Waals surface area (Å²) >= 11 is 1.53. The van der Waals surface area contributed by atoms with Gasteiger partial charge in [0.15, 0.2) is 5.82 Å². The minimum absolute atomic E-state index is 0.268. The van der Waals surface area contributed by atoms with Gasteiger partial charge in [0.25, 0.3) is 0 Å². The number of aliphatic hydroxyl groups is 1. The fourth-order valence-corrected chi connectivity index (χ4v) is 3.56. The van der Waals surface area contributed by atoms with Crippen molar-refractivity contribution in [2.24, 2.45) is 0 Å². The summed E-state index contributed by atoms with van der Waals surface area (Å²) in [5, 5.41) is 15.7. The first kappa shape index (κ1) is 17.4. The number of alkyl halides is 3. The highest BCUT2D eigenvalue weighted by Crippen LogP contribution is 2.20. The summed E-state index contributed by atoms with van der Waals surface area (Å²) in [6.07, 6.45) is -2.78. The van der Waals surface area contributed by atoms with Crippen LogP contribution in [0.5, 0.6) is 0 Å². The molecule has 3 heterocycles. The van der Waals surface area contributed by atoms with Gasteiger partial charge in [0.05, 0.1) is 12.6 Å². The molecule has 1 aliphatic heterocycles. The Hall–Kier alpha value is -1.45. The van der Waals surface area contributed by atoms with E-state index >= 15 is 0 Å². The molecule has 1 saturated heterocycles. The van der Waals surface area contributed by atoms with Crippen LogP contribution in [0.3, 0.4) is 0 Å². The smallest absolute Gasteiger partial charge is 0.392 e. The minimum Gasteiger partial charge on any atom is -0.392 e. The normalized spacial score (nSPS) is 19.8. The molecule has 0 aromatic carbocycles. The number of likely N-dealkylation sites (tertiary alicyclic amines) is 1. The van der Waals surface area contributed by atoms with E-state index in [0.29, 0.717) is 24.6 Å². The molecule has 1 unspecified atom stereocenters. The van der Waals surface area contributed by atoms with Gasteiger partial charge in [0.2, 0.25) is 0 Å². The number of hydrogen-bond acceptors (Lipinski definition) is 5. The molecule has 1 fully saturated rings. The Morgan fingerprint density at radius 2 is 2.21 bits per heavy atom. The van der Waals surface area contributed by atoms with Crippen molar-refractivity contribution in [2.75, 3.05) is 13.1 Å². The lowest BCUT2D eigenvalue weighted by molar-refractivity contribution is -0.143. The van der Waals surface area contributed by atoms with Gasteiger partial charge < -0.3 is 5.11 Å². The van der Waals surface area contributed by atoms with Crippen molar-refractivity contribution in [1.82, 2.24) is 19.7 Å². The standard InChI is InChI=1S/C15H19F3N4OS/c16-15(17,18)10-22-14(9-21-5-1-3-11(23)8-21)19-13(20-22)7-12-4-2-6-24-12/h2,4,6,11,23H,1,3,5,7-10H2. The molecule has 5 nitrogen and oxygen atoms in total. The average Bonchev–Trinajstić information content (AvgIpc) is 3.09. The number of thiophene rings is 1. The van der Waals surface area contributed by atoms with Crippen LogP contribution in [0.1, 0.15) is 29.4 Å². The number of halogens is 3. The SMILES string of the molecule is OC1CCCN(Cc2nc(Cc3cccs3)nn2CC(F)(F)F)C1. The third kappa shape index (κ3) is 4.78. The van der Waals surface area contributed by atoms with E-state index in [1.165, 1.54) is 11.3 Å². The van der Waals surface area contributed by atoms with E-state index < -0.39 is 18.8 Å². The third-order valence-electron chi connectivity index (χ3n) is 3.88. The maximum Gasteiger partial charge on any atom is 0.408 e. The van der Waals surface area contributed by atoms with Gasteiger partial charge in [-0.2, -0.15) is 18.3 Å². The van der Waals surface area contributed by atoms with E-state index in [1.54, 1.807) is 0 Å². The highest BCUT2D eigenvalue weighted by molar-refractivity contribution is 7.09. The summed E-state index contributed by atoms with van der Waals surface area (Å²) in [7, 11) is 0. The van der Waals surface area contributed by atoms with Crippen molar-refractivity contribution in [3.63, 3.8) is 0 Å². The topological polar surface area (TPSA) is 54.2 Å². The molecule has 132 valence electrons. The van der Waals surface area contributed by atoms with Crippen molar-refractivity contribution in [1.29, 1.82) is 0 Å². The van der Waals surface area contributed by atoms with Gasteiger partial charge in [0, 0.05) is 17.8 Å². The number of nitrogens with zero attached hydrogens (tertiary/aromatic N) is 4. The van der Waals surface area contributed by atoms with Crippen molar-refractivity contribution in [3.8, 4) is 0 Å². The zero-order chi connectivity index (χ0) is 17.2. The van der Waals surface area contributed by atoms with Gasteiger partial charge in [-0.05, 0) is 30.8 Å². The number of rotatable bonds is 5. The lowest BCUT2D eigenvalue weighted by Gasteiger charge is -2.29. The van der Waals surface area contributed by atoms with Crippen LogP contribution in [0.4, 0.5) is 13.2 Å². The predicted molar refractivity (Wildman–Crippen MR) is 83.7 cm³/mol. The lowest BCUT2D eigenvalue weighted by Crippen LogP contribution is -2.38. The fourth-order valence-electron chi connectivity index (χ4n) is 2.86. The molecule has 0 saturated carbocycles. The van der Waals surface area contributed by atoms with Gasteiger partial charge in [-0.15, -0.1) is 11.3 Å². The Bertz CT molecular complexity index is 656. The molecule has 1 atom stereocenters. The van der Waals surface area contributed by atoms with Crippen molar-refractivity contribution >= 4 is 11.3 Å². The van der Waals surface area contributed by atoms with Crippen molar-refractivity contribution in [2.45, 2.75) is 44.6 Å². The first-order valence-electron chi connectivity index (χ1n) is 7.81. The van der Waals surface area contributed by atoms with Crippen molar-refractivity contribution < 1.29 is 18.3 Å². The summed E-state index contributed by atoms with van der Waals surface area (Å²) < 4.78 is 39.4. The predicted octanol–water partition coefficient (Wildman–Crippen LogP) is 2.45. The number of aliphatic hydroxyl groups excluding tert-OH is 1. The lowest BCUT2D eigenvalue weighted by atomic mass is 10.1. The van der Waals surface area contributed by atoms with E-state index in [4.69, 9.17) is 0 Å². The quantitative estimate of drug-likeness (QED) is 0.890. The highest BCUT2D eigenvalue weighted by Gasteiger charge is 2.31. The summed E-state index contributed by atoms with van der Waals surface area (Å²) in [5.74, 6) is 0.697. The average molecular weight is 360 g/mol. The molecule has 0 spiro atoms. The summed E-state index contributed by atoms with van der Waals surface area (Å²) in [5.41, 5.74) is 0. The maximum absolute atomic E-state index is 12.8. The molecule has 2 aromatic heterocycles. The molecule has 1 aliphatic rings. The molecule has 9 heteroatoms. The Labute approximate surface area is 141 Å². The second-order valence-corrected chi connectivity index (χ2v) is 7.04. The van der Waals surface area contributed by atoms with E-state index in [1.807, 2.05) is 22.4 Å². The summed E-state index contributed by atoms with van der Waals surface area (Å²) in [4.78, 5) is 7.27. The zero-order valence-electron chi connectivity index (χ0n) is 13.0. The summed E-state index contributed by atoms with van der Waals surface area (Å²) in [6, 6.07) is 3.80. The van der Waals surface area contributed by atoms with Crippen LogP contribution in [0, 0.1) is 0 Å². The van der Waals surface area contributed by atoms with E-state index in [0.717, 1.165) is 28.9 Å². The molecular formula is C15H19F3N4OS. The van der Waals surface area contributed by atoms with Crippen LogP contribution in [0.15, 0.2) is 17.5 Å². The molecule has 0 amide bonds. The first-order chi connectivity index (χ1) is 11.4. The minimum atomic E-state index is -4.34. The van der Waals surface area contributed by atoms with Crippen LogP contribution >= 0.6 is 11.3 Å². The maximum atomic E-state index is 12.8. The van der Waals surface area contributed by atoms with Gasteiger partial charge in [0.1, 0.15) is 12.4 Å². The monoisotopic (exact) mass is 360 g/mol. The van der Waals surface area contributed by atoms with Gasteiger partial charge in [-0.1, -0.05) is 6.07 Å². The van der Waals surface area contributed by atoms with Crippen LogP contribution < -0.4 is 0 Å². The van der Waals surface area contributed by atoms with Crippen LogP contribution in [0.2, 0.25) is 0 Å². The number of β-amino-alcohol motifs (C(OH)–C–C–N with tert-alkyl or cyclic N) is 1. The Morgan fingerprint density at radius 1 is 1.38 bits per heavy atom. The highest BCUT2D eigenvalue weighted by atomic mass is 32.1. The van der Waals surface area contributed by atoms with Crippen LogP contribution in [-0.2, 0) is 19.5 Å². The molecule has 24 heavy (non-hydrogen) atoms. The van der Waals surface area contributed by atoms with Gasteiger partial charge in [-0.3, -0.25) is 4.90 Å². The van der Waals surface area contributed by atoms with Crippen LogP contribution in [0.25, 0.3) is 0 Å². The summed E-state index contributed by atoms with van der Waals surface area (Å²) in [6.45, 7) is 0.329. The second kappa shape index (κ2) is 7.20. The molecule has 3 rings (SSSR count). The fraction of sp³-hybridized carbons (Fsp3) is 0.600. The van der Waals surface area contributed by atoms with E-state index in [-0.39, 0.29) is 6.54 Å². The molecule has 2 aromatic rings. The van der Waals surface area contributed by atoms with Gasteiger partial charge in [-0.25, -0.2) is 9.67 Å². The van der Waals surface area contributed by atoms with E-state index in [9.17, 15) is 18.3 Å².